The molecule has 5 heteroatoms. The van der Waals surface area contributed by atoms with Crippen molar-refractivity contribution < 1.29 is 4.79 Å². The molecule has 0 aliphatic carbocycles. The zero-order valence-electron chi connectivity index (χ0n) is 8.90. The fraction of sp³-hybridized carbons (Fsp3) is 0.600. The Morgan fingerprint density at radius 2 is 2.53 bits per heavy atom. The summed E-state index contributed by atoms with van der Waals surface area (Å²) in [5.74, 6) is -0.00402. The average Bonchev–Trinajstić information content (AvgIpc) is 2.72. The second kappa shape index (κ2) is 6.53. The Morgan fingerprint density at radius 1 is 1.73 bits per heavy atom. The van der Waals surface area contributed by atoms with Gasteiger partial charge in [0.25, 0.3) is 0 Å². The number of carbonyl (C=O) groups is 1. The van der Waals surface area contributed by atoms with Gasteiger partial charge in [-0.25, -0.2) is 4.98 Å². The molecule has 0 fully saturated rings. The lowest BCUT2D eigenvalue weighted by molar-refractivity contribution is -0.124. The number of nitrogens with two attached hydrogens (primary N) is 1. The fourth-order valence-electron chi connectivity index (χ4n) is 1.28. The van der Waals surface area contributed by atoms with Crippen molar-refractivity contribution in [1.29, 1.82) is 0 Å². The minimum Gasteiger partial charge on any atom is -0.355 e. The highest BCUT2D eigenvalue weighted by atomic mass is 32.1. The van der Waals surface area contributed by atoms with Crippen LogP contribution >= 0.6 is 11.3 Å². The molecule has 1 heterocycles. The Balaban J connectivity index is 2.22. The van der Waals surface area contributed by atoms with Gasteiger partial charge in [-0.15, -0.1) is 11.3 Å². The molecule has 0 saturated carbocycles. The summed E-state index contributed by atoms with van der Waals surface area (Å²) in [7, 11) is 0. The van der Waals surface area contributed by atoms with Crippen molar-refractivity contribution in [3.05, 3.63) is 16.6 Å². The number of amides is 1. The van der Waals surface area contributed by atoms with Gasteiger partial charge in [-0.05, 0) is 6.42 Å². The molecule has 1 aromatic rings. The van der Waals surface area contributed by atoms with Crippen molar-refractivity contribution >= 4 is 17.2 Å². The smallest absolute Gasteiger partial charge is 0.224 e. The number of carbonyl (C=O) groups excluding carboxylic acids is 1. The number of thiazole rings is 1. The van der Waals surface area contributed by atoms with E-state index in [2.05, 4.69) is 10.3 Å². The molecule has 3 N–H and O–H groups in total. The van der Waals surface area contributed by atoms with Crippen LogP contribution in [0, 0.1) is 5.92 Å². The molecule has 1 aromatic heterocycles. The van der Waals surface area contributed by atoms with Crippen LogP contribution in [0.1, 0.15) is 19.0 Å². The van der Waals surface area contributed by atoms with Crippen LogP contribution < -0.4 is 11.1 Å². The number of nitrogens with one attached hydrogen (secondary N) is 1. The molecule has 84 valence electrons. The first-order valence-corrected chi connectivity index (χ1v) is 6.07. The average molecular weight is 227 g/mol. The predicted molar refractivity (Wildman–Crippen MR) is 61.7 cm³/mol. The van der Waals surface area contributed by atoms with E-state index < -0.39 is 0 Å². The molecule has 0 aromatic carbocycles. The molecule has 1 unspecified atom stereocenters. The molecule has 4 nitrogen and oxygen atoms in total. The van der Waals surface area contributed by atoms with E-state index in [9.17, 15) is 4.79 Å². The van der Waals surface area contributed by atoms with Crippen molar-refractivity contribution in [3.8, 4) is 0 Å². The molecule has 15 heavy (non-hydrogen) atoms. The van der Waals surface area contributed by atoms with Crippen LogP contribution in [-0.2, 0) is 11.2 Å². The maximum absolute atomic E-state index is 11.5. The summed E-state index contributed by atoms with van der Waals surface area (Å²) in [6.45, 7) is 3.02. The largest absolute Gasteiger partial charge is 0.355 e. The number of hydrogen-bond donors (Lipinski definition) is 2. The van der Waals surface area contributed by atoms with E-state index in [0.717, 1.165) is 18.5 Å². The quantitative estimate of drug-likeness (QED) is 0.755. The van der Waals surface area contributed by atoms with Gasteiger partial charge in [0, 0.05) is 30.8 Å². The van der Waals surface area contributed by atoms with E-state index in [-0.39, 0.29) is 11.8 Å². The van der Waals surface area contributed by atoms with E-state index >= 15 is 0 Å². The maximum Gasteiger partial charge on any atom is 0.224 e. The molecule has 1 amide bonds. The Kier molecular flexibility index (Phi) is 5.28. The van der Waals surface area contributed by atoms with Gasteiger partial charge in [0.1, 0.15) is 0 Å². The number of rotatable bonds is 6. The van der Waals surface area contributed by atoms with Crippen LogP contribution in [0.4, 0.5) is 0 Å². The molecule has 1 rings (SSSR count). The molecule has 1 atom stereocenters. The monoisotopic (exact) mass is 227 g/mol. The summed E-state index contributed by atoms with van der Waals surface area (Å²) in [5, 5.41) is 4.86. The van der Waals surface area contributed by atoms with E-state index in [1.165, 1.54) is 0 Å². The van der Waals surface area contributed by atoms with Crippen LogP contribution in [0.2, 0.25) is 0 Å². The van der Waals surface area contributed by atoms with Crippen LogP contribution in [0.25, 0.3) is 0 Å². The predicted octanol–water partition coefficient (Wildman–Crippen LogP) is 0.787. The Bertz CT molecular complexity index is 283. The highest BCUT2D eigenvalue weighted by Crippen LogP contribution is 2.02. The first kappa shape index (κ1) is 12.1. The van der Waals surface area contributed by atoms with Crippen LogP contribution in [0.5, 0.6) is 0 Å². The highest BCUT2D eigenvalue weighted by Gasteiger charge is 2.13. The van der Waals surface area contributed by atoms with Gasteiger partial charge < -0.3 is 11.1 Å². The third-order valence-electron chi connectivity index (χ3n) is 2.31. The molecule has 0 saturated heterocycles. The van der Waals surface area contributed by atoms with Crippen LogP contribution in [0.3, 0.4) is 0 Å². The first-order chi connectivity index (χ1) is 7.27. The molecule has 0 spiro atoms. The summed E-state index contributed by atoms with van der Waals surface area (Å²) in [5.41, 5.74) is 8.31. The first-order valence-electron chi connectivity index (χ1n) is 5.12. The zero-order chi connectivity index (χ0) is 11.1. The van der Waals surface area contributed by atoms with Crippen molar-refractivity contribution in [2.75, 3.05) is 13.1 Å². The van der Waals surface area contributed by atoms with Crippen LogP contribution in [-0.4, -0.2) is 24.0 Å². The number of hydrogen-bond acceptors (Lipinski definition) is 4. The lowest BCUT2D eigenvalue weighted by atomic mass is 10.1. The third kappa shape index (κ3) is 3.97. The molecule has 0 radical (unpaired) electrons. The molecule has 0 bridgehead atoms. The lowest BCUT2D eigenvalue weighted by Crippen LogP contribution is -2.35. The van der Waals surface area contributed by atoms with Crippen molar-refractivity contribution in [3.63, 3.8) is 0 Å². The molecular weight excluding hydrogens is 210 g/mol. The number of nitrogens with zero attached hydrogens (tertiary/aromatic N) is 1. The zero-order valence-corrected chi connectivity index (χ0v) is 9.72. The maximum atomic E-state index is 11.5. The summed E-state index contributed by atoms with van der Waals surface area (Å²) in [4.78, 5) is 15.7. The van der Waals surface area contributed by atoms with Crippen molar-refractivity contribution in [2.24, 2.45) is 11.7 Å². The van der Waals surface area contributed by atoms with E-state index in [4.69, 9.17) is 5.73 Å². The summed E-state index contributed by atoms with van der Waals surface area (Å²) >= 11 is 1.57. The molecular formula is C10H17N3OS. The van der Waals surface area contributed by atoms with Gasteiger partial charge >= 0.3 is 0 Å². The Hall–Kier alpha value is -0.940. The summed E-state index contributed by atoms with van der Waals surface area (Å²) in [6, 6.07) is 0. The molecule has 0 aliphatic heterocycles. The minimum atomic E-state index is -0.0552. The van der Waals surface area contributed by atoms with Gasteiger partial charge in [0.05, 0.1) is 11.2 Å². The van der Waals surface area contributed by atoms with E-state index in [0.29, 0.717) is 13.1 Å². The van der Waals surface area contributed by atoms with Gasteiger partial charge in [0.2, 0.25) is 5.91 Å². The normalized spacial score (nSPS) is 12.4. The van der Waals surface area contributed by atoms with Gasteiger partial charge in [0.15, 0.2) is 0 Å². The third-order valence-corrected chi connectivity index (χ3v) is 2.95. The Labute approximate surface area is 93.9 Å². The highest BCUT2D eigenvalue weighted by molar-refractivity contribution is 7.07. The second-order valence-electron chi connectivity index (χ2n) is 3.36. The second-order valence-corrected chi connectivity index (χ2v) is 4.08. The van der Waals surface area contributed by atoms with Gasteiger partial charge in [-0.2, -0.15) is 0 Å². The van der Waals surface area contributed by atoms with Crippen LogP contribution in [0.15, 0.2) is 10.9 Å². The lowest BCUT2D eigenvalue weighted by Gasteiger charge is -2.11. The van der Waals surface area contributed by atoms with Crippen molar-refractivity contribution in [2.45, 2.75) is 19.8 Å². The standard InChI is InChI=1S/C10H17N3OS/c1-2-8(5-11)10(14)12-4-3-9-6-15-7-13-9/h6-8H,2-5,11H2,1H3,(H,12,14). The SMILES string of the molecule is CCC(CN)C(=O)NCCc1cscn1. The minimum absolute atomic E-state index is 0.0511. The van der Waals surface area contributed by atoms with Gasteiger partial charge in [-0.1, -0.05) is 6.92 Å². The van der Waals surface area contributed by atoms with E-state index in [1.54, 1.807) is 16.8 Å². The van der Waals surface area contributed by atoms with Crippen molar-refractivity contribution in [1.82, 2.24) is 10.3 Å². The fourth-order valence-corrected chi connectivity index (χ4v) is 1.87. The summed E-state index contributed by atoms with van der Waals surface area (Å²) in [6.07, 6.45) is 1.58. The molecule has 0 aliphatic rings. The topological polar surface area (TPSA) is 68.0 Å². The Morgan fingerprint density at radius 3 is 3.07 bits per heavy atom. The van der Waals surface area contributed by atoms with E-state index in [1.807, 2.05) is 12.3 Å². The summed E-state index contributed by atoms with van der Waals surface area (Å²) < 4.78 is 0. The number of aromatic nitrogens is 1. The van der Waals surface area contributed by atoms with Gasteiger partial charge in [-0.3, -0.25) is 4.79 Å².